The lowest BCUT2D eigenvalue weighted by molar-refractivity contribution is -0.116. The molecular weight excluding hydrogens is 332 g/mol. The number of hydrogen-bond donors (Lipinski definition) is 3. The van der Waals surface area contributed by atoms with Gasteiger partial charge in [-0.3, -0.25) is 19.6 Å². The Morgan fingerprint density at radius 1 is 1.00 bits per heavy atom. The Morgan fingerprint density at radius 3 is 2.29 bits per heavy atom. The highest BCUT2D eigenvalue weighted by atomic mass is 35.5. The van der Waals surface area contributed by atoms with Crippen molar-refractivity contribution in [2.24, 2.45) is 0 Å². The molecule has 0 radical (unpaired) electrons. The Morgan fingerprint density at radius 2 is 1.67 bits per heavy atom. The molecule has 0 aliphatic heterocycles. The summed E-state index contributed by atoms with van der Waals surface area (Å²) >= 11 is 5.89. The molecule has 0 heterocycles. The summed E-state index contributed by atoms with van der Waals surface area (Å²) < 4.78 is 0. The van der Waals surface area contributed by atoms with Crippen LogP contribution in [-0.2, 0) is 11.2 Å². The molecule has 2 rings (SSSR count). The van der Waals surface area contributed by atoms with Crippen molar-refractivity contribution in [1.29, 1.82) is 0 Å². The van der Waals surface area contributed by atoms with E-state index in [1.807, 2.05) is 0 Å². The molecule has 0 saturated carbocycles. The van der Waals surface area contributed by atoms with E-state index in [0.717, 1.165) is 5.56 Å². The van der Waals surface area contributed by atoms with E-state index in [9.17, 15) is 14.4 Å². The Kier molecular flexibility index (Phi) is 6.06. The van der Waals surface area contributed by atoms with Gasteiger partial charge < -0.3 is 5.32 Å². The molecule has 124 valence electrons. The van der Waals surface area contributed by atoms with Crippen molar-refractivity contribution < 1.29 is 19.6 Å². The van der Waals surface area contributed by atoms with Gasteiger partial charge in [-0.25, -0.2) is 5.48 Å². The Bertz CT molecular complexity index is 759. The first-order valence-electron chi connectivity index (χ1n) is 7.13. The number of nitrogens with one attached hydrogen (secondary N) is 2. The van der Waals surface area contributed by atoms with Gasteiger partial charge in [-0.15, -0.1) is 0 Å². The predicted octanol–water partition coefficient (Wildman–Crippen LogP) is 2.00. The average molecular weight is 347 g/mol. The highest BCUT2D eigenvalue weighted by Gasteiger charge is 2.18. The number of Topliss-reactive ketones (excluding diaryl/α,β-unsaturated/α-hetero) is 1. The van der Waals surface area contributed by atoms with Gasteiger partial charge in [-0.1, -0.05) is 35.9 Å². The van der Waals surface area contributed by atoms with Crippen molar-refractivity contribution in [3.63, 3.8) is 0 Å². The van der Waals surface area contributed by atoms with Gasteiger partial charge in [0.05, 0.1) is 5.02 Å². The molecule has 0 spiro atoms. The number of hydrogen-bond acceptors (Lipinski definition) is 4. The van der Waals surface area contributed by atoms with Crippen LogP contribution in [0.5, 0.6) is 0 Å². The fraction of sp³-hybridized carbons (Fsp3) is 0.118. The summed E-state index contributed by atoms with van der Waals surface area (Å²) in [5.74, 6) is -2.00. The predicted molar refractivity (Wildman–Crippen MR) is 88.2 cm³/mol. The van der Waals surface area contributed by atoms with E-state index in [0.29, 0.717) is 12.0 Å². The highest BCUT2D eigenvalue weighted by Crippen LogP contribution is 2.15. The van der Waals surface area contributed by atoms with Crippen LogP contribution < -0.4 is 10.8 Å². The van der Waals surface area contributed by atoms with Crippen molar-refractivity contribution in [3.05, 3.63) is 70.2 Å². The van der Waals surface area contributed by atoms with Gasteiger partial charge in [0.2, 0.25) is 0 Å². The lowest BCUT2D eigenvalue weighted by Crippen LogP contribution is -2.32. The minimum atomic E-state index is -0.723. The molecule has 2 aromatic carbocycles. The van der Waals surface area contributed by atoms with Gasteiger partial charge in [0.25, 0.3) is 17.6 Å². The van der Waals surface area contributed by atoms with Crippen LogP contribution in [0.25, 0.3) is 0 Å². The van der Waals surface area contributed by atoms with E-state index in [-0.39, 0.29) is 17.1 Å². The van der Waals surface area contributed by atoms with E-state index >= 15 is 0 Å². The molecule has 0 aromatic heterocycles. The first-order valence-corrected chi connectivity index (χ1v) is 7.51. The largest absolute Gasteiger partial charge is 0.349 e. The number of rotatable bonds is 6. The molecule has 0 saturated heterocycles. The second-order valence-corrected chi connectivity index (χ2v) is 5.36. The Hall–Kier alpha value is -2.70. The van der Waals surface area contributed by atoms with Gasteiger partial charge in [0.1, 0.15) is 0 Å². The molecule has 2 aromatic rings. The first-order chi connectivity index (χ1) is 11.5. The van der Waals surface area contributed by atoms with Gasteiger partial charge >= 0.3 is 0 Å². The fourth-order valence-electron chi connectivity index (χ4n) is 2.06. The highest BCUT2D eigenvalue weighted by molar-refractivity contribution is 6.46. The topological polar surface area (TPSA) is 95.5 Å². The van der Waals surface area contributed by atoms with Gasteiger partial charge in [0, 0.05) is 17.7 Å². The maximum atomic E-state index is 12.0. The van der Waals surface area contributed by atoms with Gasteiger partial charge in [-0.2, -0.15) is 0 Å². The zero-order chi connectivity index (χ0) is 17.5. The first kappa shape index (κ1) is 17.7. The third-order valence-electron chi connectivity index (χ3n) is 3.34. The molecular formula is C17H15ClN2O4. The number of hydroxylamine groups is 1. The van der Waals surface area contributed by atoms with Crippen molar-refractivity contribution in [2.45, 2.75) is 6.42 Å². The quantitative estimate of drug-likeness (QED) is 0.322. The smallest absolute Gasteiger partial charge is 0.292 e. The number of carbonyl (C=O) groups excluding carboxylic acids is 3. The van der Waals surface area contributed by atoms with E-state index < -0.39 is 17.6 Å². The molecule has 3 N–H and O–H groups in total. The number of amides is 2. The summed E-state index contributed by atoms with van der Waals surface area (Å²) in [5, 5.41) is 11.3. The third-order valence-corrected chi connectivity index (χ3v) is 3.67. The summed E-state index contributed by atoms with van der Waals surface area (Å²) in [5.41, 5.74) is 2.90. The molecule has 7 heteroatoms. The van der Waals surface area contributed by atoms with Gasteiger partial charge in [0.15, 0.2) is 0 Å². The van der Waals surface area contributed by atoms with Crippen LogP contribution in [0, 0.1) is 0 Å². The van der Waals surface area contributed by atoms with Crippen LogP contribution in [0.4, 0.5) is 0 Å². The van der Waals surface area contributed by atoms with Crippen LogP contribution in [0.2, 0.25) is 5.02 Å². The van der Waals surface area contributed by atoms with Crippen molar-refractivity contribution in [1.82, 2.24) is 10.8 Å². The van der Waals surface area contributed by atoms with Crippen molar-refractivity contribution in [2.75, 3.05) is 6.54 Å². The zero-order valence-corrected chi connectivity index (χ0v) is 13.3. The average Bonchev–Trinajstić information content (AvgIpc) is 2.61. The van der Waals surface area contributed by atoms with Crippen LogP contribution >= 0.6 is 11.6 Å². The molecule has 0 bridgehead atoms. The standard InChI is InChI=1S/C17H15ClN2O4/c18-14-4-2-1-3-13(14)15(21)17(23)19-10-9-11-5-7-12(8-6-11)16(22)20-24/h1-8,24H,9-10H2,(H,19,23)(H,20,22). The summed E-state index contributed by atoms with van der Waals surface area (Å²) in [7, 11) is 0. The van der Waals surface area contributed by atoms with E-state index in [1.165, 1.54) is 6.07 Å². The van der Waals surface area contributed by atoms with E-state index in [1.54, 1.807) is 47.9 Å². The minimum absolute atomic E-state index is 0.163. The summed E-state index contributed by atoms with van der Waals surface area (Å²) in [6.45, 7) is 0.264. The normalized spacial score (nSPS) is 10.1. The van der Waals surface area contributed by atoms with Crippen molar-refractivity contribution in [3.8, 4) is 0 Å². The van der Waals surface area contributed by atoms with Crippen LogP contribution in [0.15, 0.2) is 48.5 Å². The molecule has 0 fully saturated rings. The monoisotopic (exact) mass is 346 g/mol. The molecule has 2 amide bonds. The van der Waals surface area contributed by atoms with Gasteiger partial charge in [-0.05, 0) is 36.2 Å². The summed E-state index contributed by atoms with van der Waals surface area (Å²) in [6, 6.07) is 12.9. The molecule has 24 heavy (non-hydrogen) atoms. The molecule has 0 aliphatic rings. The second kappa shape index (κ2) is 8.24. The summed E-state index contributed by atoms with van der Waals surface area (Å²) in [6.07, 6.45) is 0.489. The molecule has 0 atom stereocenters. The van der Waals surface area contributed by atoms with Crippen LogP contribution in [0.1, 0.15) is 26.3 Å². The third kappa shape index (κ3) is 4.41. The number of carbonyl (C=O) groups is 3. The minimum Gasteiger partial charge on any atom is -0.349 e. The second-order valence-electron chi connectivity index (χ2n) is 4.95. The lowest BCUT2D eigenvalue weighted by Gasteiger charge is -2.06. The van der Waals surface area contributed by atoms with Crippen LogP contribution in [-0.4, -0.2) is 29.3 Å². The summed E-state index contributed by atoms with van der Waals surface area (Å²) in [4.78, 5) is 35.1. The molecule has 6 nitrogen and oxygen atoms in total. The maximum Gasteiger partial charge on any atom is 0.292 e. The lowest BCUT2D eigenvalue weighted by atomic mass is 10.1. The van der Waals surface area contributed by atoms with E-state index in [4.69, 9.17) is 16.8 Å². The zero-order valence-electron chi connectivity index (χ0n) is 12.6. The molecule has 0 unspecified atom stereocenters. The number of benzene rings is 2. The van der Waals surface area contributed by atoms with Crippen LogP contribution in [0.3, 0.4) is 0 Å². The fourth-order valence-corrected chi connectivity index (χ4v) is 2.28. The molecule has 0 aliphatic carbocycles. The van der Waals surface area contributed by atoms with E-state index in [2.05, 4.69) is 5.32 Å². The number of halogens is 1. The number of ketones is 1. The SMILES string of the molecule is O=C(NCCc1ccc(C(=O)NO)cc1)C(=O)c1ccccc1Cl. The Labute approximate surface area is 143 Å². The Balaban J connectivity index is 1.87. The van der Waals surface area contributed by atoms with Crippen molar-refractivity contribution >= 4 is 29.2 Å². The maximum absolute atomic E-state index is 12.0.